The van der Waals surface area contributed by atoms with Gasteiger partial charge in [-0.1, -0.05) is 94.1 Å². The van der Waals surface area contributed by atoms with Crippen LogP contribution in [0.2, 0.25) is 5.04 Å². The zero-order valence-electron chi connectivity index (χ0n) is 19.8. The monoisotopic (exact) mass is 466 g/mol. The van der Waals surface area contributed by atoms with Crippen LogP contribution in [0, 0.1) is 0 Å². The number of carbonyl (C=O) groups excluding carboxylic acids is 2. The minimum Gasteiger partial charge on any atom is -0.445 e. The van der Waals surface area contributed by atoms with Crippen LogP contribution < -0.4 is 15.7 Å². The zero-order valence-corrected chi connectivity index (χ0v) is 20.8. The number of ether oxygens (including phenoxy) is 1. The summed E-state index contributed by atoms with van der Waals surface area (Å²) in [5.41, 5.74) is 0. The first-order valence-corrected chi connectivity index (χ1v) is 13.3. The fourth-order valence-electron chi connectivity index (χ4n) is 4.29. The molecule has 1 heterocycles. The van der Waals surface area contributed by atoms with Crippen molar-refractivity contribution >= 4 is 30.7 Å². The highest BCUT2D eigenvalue weighted by molar-refractivity contribution is 6.99. The number of alkyl carbamates (subject to hydrolysis) is 1. The van der Waals surface area contributed by atoms with Gasteiger partial charge < -0.3 is 19.4 Å². The molecule has 2 aromatic rings. The molecule has 0 aromatic heterocycles. The van der Waals surface area contributed by atoms with Gasteiger partial charge in [0.15, 0.2) is 0 Å². The molecule has 2 amide bonds. The van der Waals surface area contributed by atoms with Gasteiger partial charge >= 0.3 is 6.09 Å². The summed E-state index contributed by atoms with van der Waals surface area (Å²) in [6, 6.07) is 20.7. The van der Waals surface area contributed by atoms with Gasteiger partial charge in [0.1, 0.15) is 12.8 Å². The Morgan fingerprint density at radius 2 is 1.70 bits per heavy atom. The highest BCUT2D eigenvalue weighted by Crippen LogP contribution is 2.38. The van der Waals surface area contributed by atoms with Crippen LogP contribution in [0.5, 0.6) is 0 Å². The van der Waals surface area contributed by atoms with Gasteiger partial charge in [0.05, 0.1) is 0 Å². The Balaban J connectivity index is 1.96. The lowest BCUT2D eigenvalue weighted by Gasteiger charge is -2.48. The normalized spacial score (nSPS) is 14.9. The third-order valence-electron chi connectivity index (χ3n) is 5.96. The van der Waals surface area contributed by atoms with Crippen LogP contribution in [0.3, 0.4) is 0 Å². The van der Waals surface area contributed by atoms with E-state index in [-0.39, 0.29) is 17.6 Å². The third kappa shape index (κ3) is 5.54. The van der Waals surface area contributed by atoms with E-state index in [0.29, 0.717) is 25.9 Å². The Labute approximate surface area is 197 Å². The van der Waals surface area contributed by atoms with Crippen molar-refractivity contribution < 1.29 is 18.8 Å². The number of likely N-dealkylation sites (tertiary alicyclic amines) is 1. The van der Waals surface area contributed by atoms with Crippen molar-refractivity contribution in [1.82, 2.24) is 10.2 Å². The summed E-state index contributed by atoms with van der Waals surface area (Å²) >= 11 is 0. The number of amides is 2. The second kappa shape index (κ2) is 10.8. The molecular weight excluding hydrogens is 432 g/mol. The molecular formula is C26H34N2O4Si. The summed E-state index contributed by atoms with van der Waals surface area (Å²) in [5, 5.41) is 4.85. The fraction of sp³-hybridized carbons (Fsp3) is 0.385. The van der Waals surface area contributed by atoms with Gasteiger partial charge in [0.2, 0.25) is 5.91 Å². The second-order valence-electron chi connectivity index (χ2n) is 9.18. The maximum atomic E-state index is 12.5. The Kier molecular flexibility index (Phi) is 8.10. The lowest BCUT2D eigenvalue weighted by atomic mass is 10.2. The van der Waals surface area contributed by atoms with Gasteiger partial charge in [-0.15, -0.1) is 0 Å². The number of benzene rings is 2. The van der Waals surface area contributed by atoms with Crippen molar-refractivity contribution in [2.75, 3.05) is 19.7 Å². The smallest absolute Gasteiger partial charge is 0.407 e. The molecule has 1 saturated heterocycles. The van der Waals surface area contributed by atoms with Crippen LogP contribution in [-0.4, -0.2) is 51.1 Å². The van der Waals surface area contributed by atoms with Crippen molar-refractivity contribution in [3.63, 3.8) is 0 Å². The van der Waals surface area contributed by atoms with Gasteiger partial charge in [0, 0.05) is 25.9 Å². The standard InChI is InChI=1S/C26H34N2O4Si/c1-5-20-31-25(30)27-18-16-24(28-19-17-23(28)29)32-33(26(2,3)4,21-12-8-6-9-13-21)22-14-10-7-11-15-22/h5-15,24H,1,16-20H2,2-4H3,(H,27,30)/t24-/m1/s1. The predicted molar refractivity (Wildman–Crippen MR) is 133 cm³/mol. The van der Waals surface area contributed by atoms with Gasteiger partial charge in [-0.3, -0.25) is 4.79 Å². The number of hydrogen-bond donors (Lipinski definition) is 1. The highest BCUT2D eigenvalue weighted by atomic mass is 28.4. The van der Waals surface area contributed by atoms with E-state index in [9.17, 15) is 9.59 Å². The summed E-state index contributed by atoms with van der Waals surface area (Å²) in [6.07, 6.45) is 1.56. The fourth-order valence-corrected chi connectivity index (χ4v) is 8.96. The molecule has 3 rings (SSSR count). The lowest BCUT2D eigenvalue weighted by Crippen LogP contribution is -2.70. The largest absolute Gasteiger partial charge is 0.445 e. The molecule has 0 spiro atoms. The molecule has 6 nitrogen and oxygen atoms in total. The molecule has 176 valence electrons. The Hall–Kier alpha value is -2.90. The van der Waals surface area contributed by atoms with E-state index in [0.717, 1.165) is 10.4 Å². The molecule has 1 atom stereocenters. The molecule has 0 radical (unpaired) electrons. The van der Waals surface area contributed by atoms with E-state index in [1.807, 2.05) is 36.4 Å². The maximum absolute atomic E-state index is 12.5. The zero-order chi connectivity index (χ0) is 23.9. The number of β-lactam (4-membered cyclic amide) rings is 1. The molecule has 1 aliphatic rings. The maximum Gasteiger partial charge on any atom is 0.407 e. The first-order valence-electron chi connectivity index (χ1n) is 11.4. The molecule has 33 heavy (non-hydrogen) atoms. The molecule has 1 fully saturated rings. The van der Waals surface area contributed by atoms with Gasteiger partial charge in [-0.25, -0.2) is 4.79 Å². The van der Waals surface area contributed by atoms with Crippen LogP contribution in [0.15, 0.2) is 73.3 Å². The lowest BCUT2D eigenvalue weighted by molar-refractivity contribution is -0.152. The summed E-state index contributed by atoms with van der Waals surface area (Å²) in [4.78, 5) is 26.1. The van der Waals surface area contributed by atoms with E-state index in [4.69, 9.17) is 9.16 Å². The van der Waals surface area contributed by atoms with Crippen LogP contribution >= 0.6 is 0 Å². The van der Waals surface area contributed by atoms with E-state index >= 15 is 0 Å². The number of nitrogens with one attached hydrogen (secondary N) is 1. The second-order valence-corrected chi connectivity index (χ2v) is 13.4. The van der Waals surface area contributed by atoms with Gasteiger partial charge in [0.25, 0.3) is 8.32 Å². The van der Waals surface area contributed by atoms with Crippen molar-refractivity contribution in [1.29, 1.82) is 0 Å². The predicted octanol–water partition coefficient (Wildman–Crippen LogP) is 3.42. The number of hydrogen-bond acceptors (Lipinski definition) is 4. The minimum absolute atomic E-state index is 0.0761. The quantitative estimate of drug-likeness (QED) is 0.331. The van der Waals surface area contributed by atoms with Crippen molar-refractivity contribution in [3.8, 4) is 0 Å². The summed E-state index contributed by atoms with van der Waals surface area (Å²) < 4.78 is 12.2. The molecule has 0 aliphatic carbocycles. The van der Waals surface area contributed by atoms with E-state index in [1.165, 1.54) is 6.08 Å². The van der Waals surface area contributed by atoms with E-state index in [1.54, 1.807) is 4.90 Å². The number of carbonyl (C=O) groups is 2. The number of nitrogens with zero attached hydrogens (tertiary/aromatic N) is 1. The molecule has 2 aromatic carbocycles. The molecule has 1 N–H and O–H groups in total. The average Bonchev–Trinajstić information content (AvgIpc) is 2.80. The minimum atomic E-state index is -2.84. The molecule has 1 aliphatic heterocycles. The first kappa shape index (κ1) is 24.7. The van der Waals surface area contributed by atoms with Crippen molar-refractivity contribution in [2.24, 2.45) is 0 Å². The Bertz CT molecular complexity index is 904. The first-order chi connectivity index (χ1) is 15.8. The Morgan fingerprint density at radius 1 is 1.12 bits per heavy atom. The molecule has 7 heteroatoms. The van der Waals surface area contributed by atoms with E-state index in [2.05, 4.69) is 56.9 Å². The summed E-state index contributed by atoms with van der Waals surface area (Å²) in [6.45, 7) is 11.3. The van der Waals surface area contributed by atoms with Crippen LogP contribution in [0.1, 0.15) is 33.6 Å². The van der Waals surface area contributed by atoms with Crippen LogP contribution in [0.4, 0.5) is 4.79 Å². The summed E-state index contributed by atoms with van der Waals surface area (Å²) in [7, 11) is -2.84. The highest BCUT2D eigenvalue weighted by Gasteiger charge is 2.52. The SMILES string of the molecule is C=CCOC(=O)NCC[C@@H](O[Si](c1ccccc1)(c1ccccc1)C(C)(C)C)N1CCC1=O. The van der Waals surface area contributed by atoms with Gasteiger partial charge in [-0.2, -0.15) is 0 Å². The Morgan fingerprint density at radius 3 is 2.12 bits per heavy atom. The van der Waals surface area contributed by atoms with Crippen molar-refractivity contribution in [2.45, 2.75) is 44.9 Å². The molecule has 0 bridgehead atoms. The molecule has 0 unspecified atom stereocenters. The van der Waals surface area contributed by atoms with Crippen LogP contribution in [-0.2, 0) is 14.0 Å². The van der Waals surface area contributed by atoms with E-state index < -0.39 is 20.6 Å². The third-order valence-corrected chi connectivity index (χ3v) is 11.0. The van der Waals surface area contributed by atoms with Gasteiger partial charge in [-0.05, 0) is 15.4 Å². The topological polar surface area (TPSA) is 67.9 Å². The van der Waals surface area contributed by atoms with Crippen molar-refractivity contribution in [3.05, 3.63) is 73.3 Å². The van der Waals surface area contributed by atoms with Crippen LogP contribution in [0.25, 0.3) is 0 Å². The summed E-state index contributed by atoms with van der Waals surface area (Å²) in [5.74, 6) is 0.0761. The average molecular weight is 467 g/mol. The molecule has 0 saturated carbocycles. The number of rotatable bonds is 10.